The van der Waals surface area contributed by atoms with E-state index >= 15 is 0 Å². The first kappa shape index (κ1) is 17.6. The summed E-state index contributed by atoms with van der Waals surface area (Å²) in [5.41, 5.74) is 0.440. The van der Waals surface area contributed by atoms with Crippen molar-refractivity contribution in [3.05, 3.63) is 20.8 Å². The summed E-state index contributed by atoms with van der Waals surface area (Å²) in [5, 5.41) is 6.46. The highest BCUT2D eigenvalue weighted by molar-refractivity contribution is 7.16. The molecular weight excluding hydrogens is 320 g/mol. The Labute approximate surface area is 141 Å². The highest BCUT2D eigenvalue weighted by atomic mass is 35.5. The maximum Gasteiger partial charge on any atom is 0.408 e. The summed E-state index contributed by atoms with van der Waals surface area (Å²) >= 11 is 7.75. The number of carbonyl (C=O) groups is 1. The lowest BCUT2D eigenvalue weighted by Crippen LogP contribution is -2.52. The van der Waals surface area contributed by atoms with Crippen LogP contribution in [0.15, 0.2) is 6.07 Å². The van der Waals surface area contributed by atoms with Gasteiger partial charge in [0.05, 0.1) is 9.88 Å². The number of carbonyl (C=O) groups excluding carboxylic acids is 1. The van der Waals surface area contributed by atoms with Crippen molar-refractivity contribution in [2.45, 2.75) is 64.6 Å². The van der Waals surface area contributed by atoms with Crippen LogP contribution in [-0.2, 0) is 11.2 Å². The molecule has 124 valence electrons. The fraction of sp³-hybridized carbons (Fsp3) is 0.688. The smallest absolute Gasteiger partial charge is 0.408 e. The normalized spacial score (nSPS) is 18.2. The Bertz CT molecular complexity index is 549. The molecule has 0 aromatic carbocycles. The number of thiophene rings is 1. The summed E-state index contributed by atoms with van der Waals surface area (Å²) in [5.74, 6) is 0. The number of hydrogen-bond donors (Lipinski definition) is 2. The molecule has 0 spiro atoms. The number of ether oxygens (including phenoxy) is 1. The minimum absolute atomic E-state index is 0.318. The fourth-order valence-corrected chi connectivity index (χ4v) is 3.90. The third-order valence-electron chi connectivity index (χ3n) is 3.48. The van der Waals surface area contributed by atoms with Crippen LogP contribution in [-0.4, -0.2) is 23.8 Å². The van der Waals surface area contributed by atoms with Crippen LogP contribution in [0.25, 0.3) is 0 Å². The van der Waals surface area contributed by atoms with Crippen molar-refractivity contribution in [2.75, 3.05) is 6.54 Å². The molecule has 0 radical (unpaired) electrons. The van der Waals surface area contributed by atoms with Crippen molar-refractivity contribution in [2.24, 2.45) is 0 Å². The van der Waals surface area contributed by atoms with Gasteiger partial charge in [-0.2, -0.15) is 0 Å². The van der Waals surface area contributed by atoms with Crippen molar-refractivity contribution in [3.8, 4) is 0 Å². The van der Waals surface area contributed by atoms with E-state index in [1.165, 1.54) is 10.4 Å². The quantitative estimate of drug-likeness (QED) is 0.857. The maximum absolute atomic E-state index is 11.9. The summed E-state index contributed by atoms with van der Waals surface area (Å²) in [6.07, 6.45) is 1.77. The number of hydrogen-bond acceptors (Lipinski definition) is 4. The molecule has 1 atom stereocenters. The molecule has 1 aliphatic carbocycles. The summed E-state index contributed by atoms with van der Waals surface area (Å²) in [6, 6.07) is 2.37. The molecular formula is C16H25ClN2O2S. The number of alkyl carbamates (subject to hydrolysis) is 1. The molecule has 2 N–H and O–H groups in total. The second-order valence-corrected chi connectivity index (χ2v) is 9.18. The average Bonchev–Trinajstić information content (AvgIpc) is 2.82. The van der Waals surface area contributed by atoms with Crippen molar-refractivity contribution in [1.29, 1.82) is 0 Å². The molecule has 2 rings (SSSR count). The molecule has 22 heavy (non-hydrogen) atoms. The molecule has 4 nitrogen and oxygen atoms in total. The third-order valence-corrected chi connectivity index (χ3v) is 4.82. The second kappa shape index (κ2) is 6.38. The maximum atomic E-state index is 11.9. The van der Waals surface area contributed by atoms with Gasteiger partial charge in [-0.3, -0.25) is 0 Å². The van der Waals surface area contributed by atoms with Crippen molar-refractivity contribution in [1.82, 2.24) is 10.6 Å². The van der Waals surface area contributed by atoms with E-state index in [4.69, 9.17) is 16.3 Å². The van der Waals surface area contributed by atoms with E-state index in [0.717, 1.165) is 17.2 Å². The Morgan fingerprint density at radius 3 is 2.73 bits per heavy atom. The molecule has 0 saturated carbocycles. The van der Waals surface area contributed by atoms with Crippen LogP contribution in [0.3, 0.4) is 0 Å². The zero-order valence-electron chi connectivity index (χ0n) is 13.9. The standard InChI is InChI=1S/C16H25ClN2O2S/c1-15(2,3)21-14(20)19-16(4,5)9-18-11-6-7-12-10(11)8-13(17)22-12/h8,11,18H,6-7,9H2,1-5H3,(H,19,20). The zero-order chi connectivity index (χ0) is 16.5. The molecule has 6 heteroatoms. The number of amides is 1. The first-order valence-electron chi connectivity index (χ1n) is 7.58. The van der Waals surface area contributed by atoms with Crippen molar-refractivity contribution in [3.63, 3.8) is 0 Å². The zero-order valence-corrected chi connectivity index (χ0v) is 15.5. The van der Waals surface area contributed by atoms with Crippen LogP contribution < -0.4 is 10.6 Å². The van der Waals surface area contributed by atoms with Crippen LogP contribution in [0, 0.1) is 0 Å². The van der Waals surface area contributed by atoms with Crippen LogP contribution in [0.2, 0.25) is 4.34 Å². The molecule has 0 aliphatic heterocycles. The van der Waals surface area contributed by atoms with Crippen molar-refractivity contribution < 1.29 is 9.53 Å². The van der Waals surface area contributed by atoms with E-state index in [-0.39, 0.29) is 11.6 Å². The van der Waals surface area contributed by atoms with Crippen LogP contribution >= 0.6 is 22.9 Å². The molecule has 1 amide bonds. The van der Waals surface area contributed by atoms with E-state index in [2.05, 4.69) is 16.7 Å². The van der Waals surface area contributed by atoms with E-state index in [9.17, 15) is 4.79 Å². The molecule has 0 fully saturated rings. The van der Waals surface area contributed by atoms with Gasteiger partial charge in [0.25, 0.3) is 0 Å². The highest BCUT2D eigenvalue weighted by Crippen LogP contribution is 2.39. The summed E-state index contributed by atoms with van der Waals surface area (Å²) in [6.45, 7) is 10.2. The Kier molecular flexibility index (Phi) is 5.09. The minimum atomic E-state index is -0.485. The lowest BCUT2D eigenvalue weighted by atomic mass is 10.0. The molecule has 1 unspecified atom stereocenters. The van der Waals surface area contributed by atoms with Gasteiger partial charge < -0.3 is 15.4 Å². The number of halogens is 1. The predicted octanol–water partition coefficient (Wildman–Crippen LogP) is 4.28. The lowest BCUT2D eigenvalue weighted by molar-refractivity contribution is 0.0470. The van der Waals surface area contributed by atoms with Gasteiger partial charge >= 0.3 is 6.09 Å². The Balaban J connectivity index is 1.86. The predicted molar refractivity (Wildman–Crippen MR) is 91.8 cm³/mol. The number of aryl methyl sites for hydroxylation is 1. The average molecular weight is 345 g/mol. The summed E-state index contributed by atoms with van der Waals surface area (Å²) in [4.78, 5) is 13.3. The molecule has 1 aromatic rings. The molecule has 1 heterocycles. The minimum Gasteiger partial charge on any atom is -0.444 e. The molecule has 1 aliphatic rings. The Hall–Kier alpha value is -0.780. The Morgan fingerprint density at radius 2 is 2.09 bits per heavy atom. The van der Waals surface area contributed by atoms with E-state index in [0.29, 0.717) is 12.6 Å². The topological polar surface area (TPSA) is 50.4 Å². The van der Waals surface area contributed by atoms with Gasteiger partial charge in [-0.05, 0) is 59.1 Å². The first-order valence-corrected chi connectivity index (χ1v) is 8.78. The third kappa shape index (κ3) is 4.86. The number of fused-ring (bicyclic) bond motifs is 1. The van der Waals surface area contributed by atoms with Crippen LogP contribution in [0.4, 0.5) is 4.79 Å². The summed E-state index contributed by atoms with van der Waals surface area (Å²) in [7, 11) is 0. The number of rotatable bonds is 4. The highest BCUT2D eigenvalue weighted by Gasteiger charge is 2.29. The SMILES string of the molecule is CC(C)(CNC1CCc2sc(Cl)cc21)NC(=O)OC(C)(C)C. The van der Waals surface area contributed by atoms with Gasteiger partial charge in [-0.15, -0.1) is 11.3 Å². The van der Waals surface area contributed by atoms with E-state index in [1.807, 2.05) is 34.6 Å². The largest absolute Gasteiger partial charge is 0.444 e. The van der Waals surface area contributed by atoms with Gasteiger partial charge in [0.1, 0.15) is 5.60 Å². The van der Waals surface area contributed by atoms with E-state index in [1.54, 1.807) is 11.3 Å². The Morgan fingerprint density at radius 1 is 1.41 bits per heavy atom. The fourth-order valence-electron chi connectivity index (χ4n) is 2.54. The van der Waals surface area contributed by atoms with Gasteiger partial charge in [-0.1, -0.05) is 11.6 Å². The monoisotopic (exact) mass is 344 g/mol. The van der Waals surface area contributed by atoms with Gasteiger partial charge in [0.15, 0.2) is 0 Å². The van der Waals surface area contributed by atoms with Crippen LogP contribution in [0.1, 0.15) is 57.5 Å². The van der Waals surface area contributed by atoms with E-state index < -0.39 is 5.60 Å². The number of nitrogens with one attached hydrogen (secondary N) is 2. The van der Waals surface area contributed by atoms with Gasteiger partial charge in [-0.25, -0.2) is 4.79 Å². The molecule has 0 bridgehead atoms. The van der Waals surface area contributed by atoms with Gasteiger partial charge in [0, 0.05) is 17.5 Å². The molecule has 1 aromatic heterocycles. The lowest BCUT2D eigenvalue weighted by Gasteiger charge is -2.30. The first-order chi connectivity index (χ1) is 10.1. The summed E-state index contributed by atoms with van der Waals surface area (Å²) < 4.78 is 6.16. The van der Waals surface area contributed by atoms with Gasteiger partial charge in [0.2, 0.25) is 0 Å². The van der Waals surface area contributed by atoms with Crippen LogP contribution in [0.5, 0.6) is 0 Å². The molecule has 0 saturated heterocycles. The second-order valence-electron chi connectivity index (χ2n) is 7.41. The van der Waals surface area contributed by atoms with Crippen molar-refractivity contribution >= 4 is 29.0 Å².